The standard InChI is InChI=1S/C15H19NO5/c17-13-6-4-10(9-12(13)15(19)20)16-14(18)7-5-11-3-1-2-8-21-11/h4,6,9,11,17H,1-3,5,7-8H2,(H,16,18)(H,19,20). The van der Waals surface area contributed by atoms with Crippen LogP contribution in [0.4, 0.5) is 5.69 Å². The molecule has 0 saturated carbocycles. The lowest BCUT2D eigenvalue weighted by Gasteiger charge is -2.22. The van der Waals surface area contributed by atoms with Crippen LogP contribution in [-0.4, -0.2) is 34.8 Å². The van der Waals surface area contributed by atoms with Crippen LogP contribution in [0.1, 0.15) is 42.5 Å². The first-order valence-corrected chi connectivity index (χ1v) is 7.04. The van der Waals surface area contributed by atoms with Gasteiger partial charge >= 0.3 is 5.97 Å². The van der Waals surface area contributed by atoms with Gasteiger partial charge in [0.05, 0.1) is 6.10 Å². The van der Waals surface area contributed by atoms with Crippen molar-refractivity contribution in [2.75, 3.05) is 11.9 Å². The molecule has 1 aliphatic rings. The van der Waals surface area contributed by atoms with E-state index in [1.54, 1.807) is 0 Å². The van der Waals surface area contributed by atoms with Gasteiger partial charge in [0, 0.05) is 18.7 Å². The highest BCUT2D eigenvalue weighted by atomic mass is 16.5. The van der Waals surface area contributed by atoms with E-state index in [1.807, 2.05) is 0 Å². The first-order chi connectivity index (χ1) is 10.1. The number of aromatic hydroxyl groups is 1. The molecule has 1 aromatic carbocycles. The van der Waals surface area contributed by atoms with Crippen LogP contribution < -0.4 is 5.32 Å². The lowest BCUT2D eigenvalue weighted by Crippen LogP contribution is -2.21. The van der Waals surface area contributed by atoms with E-state index >= 15 is 0 Å². The second kappa shape index (κ2) is 7.08. The molecule has 1 aliphatic heterocycles. The number of carboxylic acids is 1. The minimum Gasteiger partial charge on any atom is -0.507 e. The van der Waals surface area contributed by atoms with Gasteiger partial charge < -0.3 is 20.3 Å². The third-order valence-electron chi connectivity index (χ3n) is 3.48. The molecule has 0 aromatic heterocycles. The highest BCUT2D eigenvalue weighted by Crippen LogP contribution is 2.22. The van der Waals surface area contributed by atoms with E-state index in [-0.39, 0.29) is 23.3 Å². The number of hydrogen-bond acceptors (Lipinski definition) is 4. The summed E-state index contributed by atoms with van der Waals surface area (Å²) in [7, 11) is 0. The Morgan fingerprint density at radius 1 is 1.33 bits per heavy atom. The molecule has 6 nitrogen and oxygen atoms in total. The molecule has 1 fully saturated rings. The number of hydrogen-bond donors (Lipinski definition) is 3. The monoisotopic (exact) mass is 293 g/mol. The quantitative estimate of drug-likeness (QED) is 0.724. The maximum Gasteiger partial charge on any atom is 0.339 e. The first kappa shape index (κ1) is 15.3. The Kier molecular flexibility index (Phi) is 5.16. The average Bonchev–Trinajstić information content (AvgIpc) is 2.48. The van der Waals surface area contributed by atoms with E-state index in [9.17, 15) is 14.7 Å². The van der Waals surface area contributed by atoms with E-state index in [0.29, 0.717) is 18.5 Å². The molecule has 3 N–H and O–H groups in total. The summed E-state index contributed by atoms with van der Waals surface area (Å²) in [6.45, 7) is 0.756. The molecule has 114 valence electrons. The summed E-state index contributed by atoms with van der Waals surface area (Å²) in [5, 5.41) is 20.9. The van der Waals surface area contributed by atoms with Gasteiger partial charge in [-0.3, -0.25) is 4.79 Å². The molecule has 2 rings (SSSR count). The Balaban J connectivity index is 1.87. The minimum atomic E-state index is -1.24. The van der Waals surface area contributed by atoms with Crippen molar-refractivity contribution >= 4 is 17.6 Å². The zero-order valence-corrected chi connectivity index (χ0v) is 11.7. The highest BCUT2D eigenvalue weighted by molar-refractivity contribution is 5.95. The number of carbonyl (C=O) groups excluding carboxylic acids is 1. The number of rotatable bonds is 5. The zero-order valence-electron chi connectivity index (χ0n) is 11.7. The third kappa shape index (κ3) is 4.46. The fourth-order valence-corrected chi connectivity index (χ4v) is 2.34. The van der Waals surface area contributed by atoms with Crippen molar-refractivity contribution in [2.24, 2.45) is 0 Å². The van der Waals surface area contributed by atoms with E-state index in [0.717, 1.165) is 25.9 Å². The molecule has 0 aliphatic carbocycles. The van der Waals surface area contributed by atoms with Gasteiger partial charge in [-0.2, -0.15) is 0 Å². The Labute approximate surface area is 122 Å². The number of ether oxygens (including phenoxy) is 1. The second-order valence-electron chi connectivity index (χ2n) is 5.11. The van der Waals surface area contributed by atoms with Gasteiger partial charge in [-0.25, -0.2) is 4.79 Å². The van der Waals surface area contributed by atoms with Gasteiger partial charge in [0.25, 0.3) is 0 Å². The normalized spacial score (nSPS) is 18.2. The van der Waals surface area contributed by atoms with Gasteiger partial charge in [0.2, 0.25) is 5.91 Å². The SMILES string of the molecule is O=C(CCC1CCCCO1)Nc1ccc(O)c(C(=O)O)c1. The number of benzene rings is 1. The number of aromatic carboxylic acids is 1. The topological polar surface area (TPSA) is 95.9 Å². The van der Waals surface area contributed by atoms with Crippen LogP contribution in [0.25, 0.3) is 0 Å². The molecule has 0 spiro atoms. The van der Waals surface area contributed by atoms with Crippen molar-refractivity contribution in [1.82, 2.24) is 0 Å². The zero-order chi connectivity index (χ0) is 15.2. The Bertz CT molecular complexity index is 523. The van der Waals surface area contributed by atoms with Crippen LogP contribution in [0.15, 0.2) is 18.2 Å². The summed E-state index contributed by atoms with van der Waals surface area (Å²) in [5.41, 5.74) is 0.128. The van der Waals surface area contributed by atoms with Crippen molar-refractivity contribution < 1.29 is 24.5 Å². The molecule has 6 heteroatoms. The fraction of sp³-hybridized carbons (Fsp3) is 0.467. The largest absolute Gasteiger partial charge is 0.507 e. The number of nitrogens with one attached hydrogen (secondary N) is 1. The summed E-state index contributed by atoms with van der Waals surface area (Å²) in [6, 6.07) is 3.97. The summed E-state index contributed by atoms with van der Waals surface area (Å²) in [5.74, 6) is -1.75. The van der Waals surface area contributed by atoms with Crippen molar-refractivity contribution in [2.45, 2.75) is 38.2 Å². The Morgan fingerprint density at radius 3 is 2.81 bits per heavy atom. The molecule has 1 heterocycles. The maximum atomic E-state index is 11.8. The molecule has 0 radical (unpaired) electrons. The van der Waals surface area contributed by atoms with Gasteiger partial charge in [-0.15, -0.1) is 0 Å². The molecule has 0 bridgehead atoms. The van der Waals surface area contributed by atoms with Crippen LogP contribution >= 0.6 is 0 Å². The first-order valence-electron chi connectivity index (χ1n) is 7.04. The molecule has 1 amide bonds. The fourth-order valence-electron chi connectivity index (χ4n) is 2.34. The Morgan fingerprint density at radius 2 is 2.14 bits per heavy atom. The van der Waals surface area contributed by atoms with E-state index in [4.69, 9.17) is 9.84 Å². The smallest absolute Gasteiger partial charge is 0.339 e. The average molecular weight is 293 g/mol. The van der Waals surface area contributed by atoms with Crippen LogP contribution in [0.5, 0.6) is 5.75 Å². The third-order valence-corrected chi connectivity index (χ3v) is 3.48. The van der Waals surface area contributed by atoms with Crippen LogP contribution in [0, 0.1) is 0 Å². The van der Waals surface area contributed by atoms with Crippen LogP contribution in [0.3, 0.4) is 0 Å². The number of amides is 1. The molecular formula is C15H19NO5. The summed E-state index contributed by atoms with van der Waals surface area (Å²) < 4.78 is 5.55. The van der Waals surface area contributed by atoms with Gasteiger partial charge in [-0.1, -0.05) is 0 Å². The minimum absolute atomic E-state index is 0.138. The number of carboxylic acid groups (broad SMARTS) is 1. The van der Waals surface area contributed by atoms with E-state index in [1.165, 1.54) is 18.2 Å². The number of carbonyl (C=O) groups is 2. The lowest BCUT2D eigenvalue weighted by molar-refractivity contribution is -0.117. The van der Waals surface area contributed by atoms with Crippen molar-refractivity contribution in [3.63, 3.8) is 0 Å². The van der Waals surface area contributed by atoms with Crippen LogP contribution in [0.2, 0.25) is 0 Å². The van der Waals surface area contributed by atoms with Gasteiger partial charge in [0.15, 0.2) is 0 Å². The van der Waals surface area contributed by atoms with Gasteiger partial charge in [-0.05, 0) is 43.9 Å². The molecular weight excluding hydrogens is 274 g/mol. The molecule has 1 atom stereocenters. The second-order valence-corrected chi connectivity index (χ2v) is 5.11. The highest BCUT2D eigenvalue weighted by Gasteiger charge is 2.16. The Hall–Kier alpha value is -2.08. The van der Waals surface area contributed by atoms with Crippen molar-refractivity contribution in [3.05, 3.63) is 23.8 Å². The molecule has 1 unspecified atom stereocenters. The lowest BCUT2D eigenvalue weighted by atomic mass is 10.0. The van der Waals surface area contributed by atoms with Crippen LogP contribution in [-0.2, 0) is 9.53 Å². The van der Waals surface area contributed by atoms with E-state index in [2.05, 4.69) is 5.32 Å². The summed E-state index contributed by atoms with van der Waals surface area (Å²) in [4.78, 5) is 22.7. The molecule has 21 heavy (non-hydrogen) atoms. The molecule has 1 saturated heterocycles. The summed E-state index contributed by atoms with van der Waals surface area (Å²) in [6.07, 6.45) is 4.32. The predicted octanol–water partition coefficient (Wildman–Crippen LogP) is 2.38. The maximum absolute atomic E-state index is 11.8. The molecule has 1 aromatic rings. The van der Waals surface area contributed by atoms with Gasteiger partial charge in [0.1, 0.15) is 11.3 Å². The van der Waals surface area contributed by atoms with Crippen molar-refractivity contribution in [1.29, 1.82) is 0 Å². The predicted molar refractivity (Wildman–Crippen MR) is 76.5 cm³/mol. The number of phenols is 1. The summed E-state index contributed by atoms with van der Waals surface area (Å²) >= 11 is 0. The van der Waals surface area contributed by atoms with Crippen molar-refractivity contribution in [3.8, 4) is 5.75 Å². The van der Waals surface area contributed by atoms with E-state index < -0.39 is 5.97 Å². The number of anilines is 1.